The van der Waals surface area contributed by atoms with Crippen LogP contribution in [0.15, 0.2) is 36.7 Å². The van der Waals surface area contributed by atoms with E-state index in [0.29, 0.717) is 0 Å². The van der Waals surface area contributed by atoms with Crippen LogP contribution in [0.1, 0.15) is 31.3 Å². The molecule has 0 atom stereocenters. The molecular weight excluding hydrogens is 290 g/mol. The molecule has 112 valence electrons. The molecule has 0 radical (unpaired) electrons. The quantitative estimate of drug-likeness (QED) is 0.815. The highest BCUT2D eigenvalue weighted by Crippen LogP contribution is 2.17. The van der Waals surface area contributed by atoms with Gasteiger partial charge in [-0.15, -0.1) is 0 Å². The first kappa shape index (κ1) is 15.1. The summed E-state index contributed by atoms with van der Waals surface area (Å²) in [5.74, 6) is -2.80. The van der Waals surface area contributed by atoms with Gasteiger partial charge in [-0.1, -0.05) is 12.1 Å². The van der Waals surface area contributed by atoms with E-state index in [-0.39, 0.29) is 16.9 Å². The van der Waals surface area contributed by atoms with Crippen molar-refractivity contribution >= 4 is 23.5 Å². The number of nitrogens with one attached hydrogen (secondary N) is 1. The van der Waals surface area contributed by atoms with E-state index in [9.17, 15) is 14.4 Å². The molecule has 0 aliphatic rings. The molecule has 22 heavy (non-hydrogen) atoms. The second-order valence-corrected chi connectivity index (χ2v) is 4.05. The average Bonchev–Trinajstić information content (AvgIpc) is 2.54. The number of amides is 1. The monoisotopic (exact) mass is 301 g/mol. The number of carboxylic acid groups (broad SMARTS) is 1. The number of methoxy groups -OCH3 is 1. The number of nitrogens with zero attached hydrogens (tertiary/aromatic N) is 2. The number of esters is 1. The number of hydrogen-bond acceptors (Lipinski definition) is 6. The molecule has 2 aromatic rings. The van der Waals surface area contributed by atoms with E-state index in [1.165, 1.54) is 31.6 Å². The highest BCUT2D eigenvalue weighted by molar-refractivity contribution is 6.10. The Hall–Kier alpha value is -3.29. The maximum Gasteiger partial charge on any atom is 0.356 e. The smallest absolute Gasteiger partial charge is 0.356 e. The number of carbonyl (C=O) groups excluding carboxylic acids is 2. The largest absolute Gasteiger partial charge is 0.476 e. The lowest BCUT2D eigenvalue weighted by molar-refractivity contribution is 0.0600. The Labute approximate surface area is 124 Å². The van der Waals surface area contributed by atoms with Crippen molar-refractivity contribution in [1.82, 2.24) is 9.97 Å². The molecule has 0 spiro atoms. The minimum absolute atomic E-state index is 0.138. The van der Waals surface area contributed by atoms with Gasteiger partial charge in [0.05, 0.1) is 18.4 Å². The summed E-state index contributed by atoms with van der Waals surface area (Å²) in [4.78, 5) is 42.2. The number of carbonyl (C=O) groups is 3. The number of benzene rings is 1. The Morgan fingerprint density at radius 1 is 1.09 bits per heavy atom. The van der Waals surface area contributed by atoms with Gasteiger partial charge in [0.2, 0.25) is 0 Å². The molecule has 2 rings (SSSR count). The topological polar surface area (TPSA) is 118 Å². The molecule has 0 aliphatic carbocycles. The SMILES string of the molecule is COC(=O)c1ccccc1NC(=O)c1nccnc1C(=O)O. The van der Waals surface area contributed by atoms with E-state index in [4.69, 9.17) is 5.11 Å². The molecular formula is C14H11N3O5. The molecule has 1 aromatic heterocycles. The van der Waals surface area contributed by atoms with Crippen molar-refractivity contribution in [3.8, 4) is 0 Å². The van der Waals surface area contributed by atoms with Gasteiger partial charge in [-0.2, -0.15) is 0 Å². The summed E-state index contributed by atoms with van der Waals surface area (Å²) in [6.07, 6.45) is 2.37. The number of aromatic nitrogens is 2. The molecule has 0 aliphatic heterocycles. The van der Waals surface area contributed by atoms with Crippen molar-refractivity contribution < 1.29 is 24.2 Å². The third-order valence-corrected chi connectivity index (χ3v) is 2.70. The van der Waals surface area contributed by atoms with Gasteiger partial charge in [0.1, 0.15) is 0 Å². The van der Waals surface area contributed by atoms with Gasteiger partial charge in [0.15, 0.2) is 11.4 Å². The molecule has 8 heteroatoms. The highest BCUT2D eigenvalue weighted by Gasteiger charge is 2.21. The number of anilines is 1. The summed E-state index contributed by atoms with van der Waals surface area (Å²) < 4.78 is 4.61. The molecule has 0 bridgehead atoms. The van der Waals surface area contributed by atoms with Gasteiger partial charge < -0.3 is 15.2 Å². The van der Waals surface area contributed by atoms with E-state index in [0.717, 1.165) is 0 Å². The van der Waals surface area contributed by atoms with Gasteiger partial charge >= 0.3 is 11.9 Å². The third-order valence-electron chi connectivity index (χ3n) is 2.70. The molecule has 1 aromatic carbocycles. The summed E-state index contributed by atoms with van der Waals surface area (Å²) in [7, 11) is 1.21. The van der Waals surface area contributed by atoms with Crippen LogP contribution in [-0.4, -0.2) is 40.0 Å². The molecule has 0 saturated carbocycles. The van der Waals surface area contributed by atoms with Crippen LogP contribution in [-0.2, 0) is 4.74 Å². The summed E-state index contributed by atoms with van der Waals surface area (Å²) in [5, 5.41) is 11.4. The van der Waals surface area contributed by atoms with Crippen LogP contribution >= 0.6 is 0 Å². The standard InChI is InChI=1S/C14H11N3O5/c1-22-14(21)8-4-2-3-5-9(8)17-12(18)10-11(13(19)20)16-7-6-15-10/h2-7H,1H3,(H,17,18)(H,19,20). The van der Waals surface area contributed by atoms with Crippen molar-refractivity contribution in [3.05, 3.63) is 53.6 Å². The molecule has 1 heterocycles. The zero-order valence-corrected chi connectivity index (χ0v) is 11.4. The van der Waals surface area contributed by atoms with Crippen LogP contribution in [0.4, 0.5) is 5.69 Å². The minimum Gasteiger partial charge on any atom is -0.476 e. The Kier molecular flexibility index (Phi) is 4.42. The summed E-state index contributed by atoms with van der Waals surface area (Å²) in [6, 6.07) is 6.17. The third kappa shape index (κ3) is 3.06. The average molecular weight is 301 g/mol. The zero-order valence-electron chi connectivity index (χ0n) is 11.4. The zero-order chi connectivity index (χ0) is 16.1. The molecule has 8 nitrogen and oxygen atoms in total. The predicted octanol–water partition coefficient (Wildman–Crippen LogP) is 1.21. The van der Waals surface area contributed by atoms with Crippen molar-refractivity contribution in [2.24, 2.45) is 0 Å². The molecule has 0 unspecified atom stereocenters. The van der Waals surface area contributed by atoms with Gasteiger partial charge in [-0.3, -0.25) is 4.79 Å². The first-order chi connectivity index (χ1) is 10.5. The normalized spacial score (nSPS) is 9.86. The predicted molar refractivity (Wildman–Crippen MR) is 74.7 cm³/mol. The summed E-state index contributed by atoms with van der Waals surface area (Å²) in [6.45, 7) is 0. The Balaban J connectivity index is 2.35. The molecule has 1 amide bonds. The first-order valence-corrected chi connectivity index (χ1v) is 6.07. The number of aromatic carboxylic acids is 1. The van der Waals surface area contributed by atoms with Gasteiger partial charge in [-0.05, 0) is 12.1 Å². The summed E-state index contributed by atoms with van der Waals surface area (Å²) >= 11 is 0. The van der Waals surface area contributed by atoms with E-state index in [1.54, 1.807) is 12.1 Å². The van der Waals surface area contributed by atoms with Crippen LogP contribution < -0.4 is 5.32 Å². The lowest BCUT2D eigenvalue weighted by Gasteiger charge is -2.09. The number of hydrogen-bond donors (Lipinski definition) is 2. The van der Waals surface area contributed by atoms with Crippen molar-refractivity contribution in [1.29, 1.82) is 0 Å². The maximum absolute atomic E-state index is 12.2. The van der Waals surface area contributed by atoms with Crippen molar-refractivity contribution in [3.63, 3.8) is 0 Å². The second-order valence-electron chi connectivity index (χ2n) is 4.05. The van der Waals surface area contributed by atoms with E-state index in [1.807, 2.05) is 0 Å². The first-order valence-electron chi connectivity index (χ1n) is 6.07. The highest BCUT2D eigenvalue weighted by atomic mass is 16.5. The van der Waals surface area contributed by atoms with E-state index in [2.05, 4.69) is 20.0 Å². The molecule has 2 N–H and O–H groups in total. The lowest BCUT2D eigenvalue weighted by Crippen LogP contribution is -2.20. The number of para-hydroxylation sites is 1. The second kappa shape index (κ2) is 6.44. The lowest BCUT2D eigenvalue weighted by atomic mass is 10.1. The fourth-order valence-corrected chi connectivity index (χ4v) is 1.72. The Morgan fingerprint density at radius 2 is 1.73 bits per heavy atom. The van der Waals surface area contributed by atoms with Crippen LogP contribution in [0.3, 0.4) is 0 Å². The van der Waals surface area contributed by atoms with Crippen molar-refractivity contribution in [2.75, 3.05) is 12.4 Å². The minimum atomic E-state index is -1.38. The fourth-order valence-electron chi connectivity index (χ4n) is 1.72. The van der Waals surface area contributed by atoms with E-state index < -0.39 is 23.5 Å². The molecule has 0 saturated heterocycles. The maximum atomic E-state index is 12.2. The fraction of sp³-hybridized carbons (Fsp3) is 0.0714. The van der Waals surface area contributed by atoms with Crippen LogP contribution in [0.5, 0.6) is 0 Å². The van der Waals surface area contributed by atoms with Gasteiger partial charge in [0.25, 0.3) is 5.91 Å². The summed E-state index contributed by atoms with van der Waals surface area (Å²) in [5.41, 5.74) is -0.509. The van der Waals surface area contributed by atoms with Crippen molar-refractivity contribution in [2.45, 2.75) is 0 Å². The van der Waals surface area contributed by atoms with Gasteiger partial charge in [0, 0.05) is 12.4 Å². The van der Waals surface area contributed by atoms with Crippen LogP contribution in [0.25, 0.3) is 0 Å². The van der Waals surface area contributed by atoms with Gasteiger partial charge in [-0.25, -0.2) is 19.6 Å². The van der Waals surface area contributed by atoms with Crippen LogP contribution in [0, 0.1) is 0 Å². The van der Waals surface area contributed by atoms with Crippen LogP contribution in [0.2, 0.25) is 0 Å². The number of rotatable bonds is 4. The Morgan fingerprint density at radius 3 is 2.36 bits per heavy atom. The Bertz CT molecular complexity index is 745. The number of carboxylic acids is 1. The number of ether oxygens (including phenoxy) is 1. The molecule has 0 fully saturated rings. The van der Waals surface area contributed by atoms with E-state index >= 15 is 0 Å².